The zero-order valence-corrected chi connectivity index (χ0v) is 14.7. The molecule has 128 valence electrons. The van der Waals surface area contributed by atoms with Crippen LogP contribution in [-0.2, 0) is 4.74 Å². The van der Waals surface area contributed by atoms with Gasteiger partial charge in [0.25, 0.3) is 0 Å². The SMILES string of the molecule is Cc1ccc2c(N3CCOCC3)c(C)c(N3CCCCC3)nc2n1. The number of ether oxygens (including phenoxy) is 1. The number of hydrogen-bond donors (Lipinski definition) is 0. The molecular formula is C19H26N4O. The van der Waals surface area contributed by atoms with E-state index in [0.29, 0.717) is 0 Å². The highest BCUT2D eigenvalue weighted by atomic mass is 16.5. The Bertz CT molecular complexity index is 734. The summed E-state index contributed by atoms with van der Waals surface area (Å²) in [4.78, 5) is 14.6. The van der Waals surface area contributed by atoms with Crippen molar-refractivity contribution >= 4 is 22.5 Å². The first-order chi connectivity index (χ1) is 11.7. The van der Waals surface area contributed by atoms with E-state index in [-0.39, 0.29) is 0 Å². The predicted octanol–water partition coefficient (Wildman–Crippen LogP) is 3.07. The fourth-order valence-corrected chi connectivity index (χ4v) is 3.91. The summed E-state index contributed by atoms with van der Waals surface area (Å²) in [5.41, 5.74) is 4.49. The van der Waals surface area contributed by atoms with Crippen molar-refractivity contribution in [3.8, 4) is 0 Å². The first-order valence-corrected chi connectivity index (χ1v) is 9.09. The van der Waals surface area contributed by atoms with Crippen LogP contribution in [0.2, 0.25) is 0 Å². The molecular weight excluding hydrogens is 300 g/mol. The first-order valence-electron chi connectivity index (χ1n) is 9.09. The summed E-state index contributed by atoms with van der Waals surface area (Å²) < 4.78 is 5.56. The van der Waals surface area contributed by atoms with Crippen molar-refractivity contribution < 1.29 is 4.74 Å². The van der Waals surface area contributed by atoms with Crippen LogP contribution in [0.25, 0.3) is 11.0 Å². The lowest BCUT2D eigenvalue weighted by Crippen LogP contribution is -2.37. The Balaban J connectivity index is 1.87. The summed E-state index contributed by atoms with van der Waals surface area (Å²) >= 11 is 0. The van der Waals surface area contributed by atoms with Crippen LogP contribution in [0.15, 0.2) is 12.1 Å². The van der Waals surface area contributed by atoms with Gasteiger partial charge in [0.1, 0.15) is 5.82 Å². The van der Waals surface area contributed by atoms with Crippen molar-refractivity contribution in [1.29, 1.82) is 0 Å². The Labute approximate surface area is 143 Å². The van der Waals surface area contributed by atoms with Gasteiger partial charge < -0.3 is 14.5 Å². The molecule has 0 unspecified atom stereocenters. The Morgan fingerprint density at radius 3 is 2.38 bits per heavy atom. The molecule has 2 fully saturated rings. The van der Waals surface area contributed by atoms with Gasteiger partial charge in [-0.25, -0.2) is 9.97 Å². The van der Waals surface area contributed by atoms with Gasteiger partial charge >= 0.3 is 0 Å². The zero-order valence-electron chi connectivity index (χ0n) is 14.7. The van der Waals surface area contributed by atoms with E-state index in [1.54, 1.807) is 0 Å². The quantitative estimate of drug-likeness (QED) is 0.848. The van der Waals surface area contributed by atoms with Crippen LogP contribution in [0.3, 0.4) is 0 Å². The molecule has 0 atom stereocenters. The first kappa shape index (κ1) is 15.6. The van der Waals surface area contributed by atoms with Gasteiger partial charge in [0, 0.05) is 42.8 Å². The van der Waals surface area contributed by atoms with Crippen molar-refractivity contribution in [2.24, 2.45) is 0 Å². The second-order valence-electron chi connectivity index (χ2n) is 6.88. The number of hydrogen-bond acceptors (Lipinski definition) is 5. The molecule has 0 saturated carbocycles. The number of morpholine rings is 1. The molecule has 4 rings (SSSR count). The van der Waals surface area contributed by atoms with E-state index in [0.717, 1.165) is 56.6 Å². The molecule has 2 aromatic heterocycles. The van der Waals surface area contributed by atoms with E-state index < -0.39 is 0 Å². The third kappa shape index (κ3) is 2.81. The lowest BCUT2D eigenvalue weighted by molar-refractivity contribution is 0.123. The molecule has 5 nitrogen and oxygen atoms in total. The van der Waals surface area contributed by atoms with Gasteiger partial charge in [0.2, 0.25) is 0 Å². The maximum absolute atomic E-state index is 5.56. The van der Waals surface area contributed by atoms with E-state index in [1.807, 2.05) is 6.92 Å². The molecule has 0 spiro atoms. The van der Waals surface area contributed by atoms with Crippen LogP contribution in [0.1, 0.15) is 30.5 Å². The molecule has 0 aliphatic carbocycles. The number of pyridine rings is 2. The molecule has 24 heavy (non-hydrogen) atoms. The second-order valence-corrected chi connectivity index (χ2v) is 6.88. The molecule has 0 bridgehead atoms. The smallest absolute Gasteiger partial charge is 0.163 e. The Morgan fingerprint density at radius 2 is 1.62 bits per heavy atom. The molecule has 2 saturated heterocycles. The van der Waals surface area contributed by atoms with Gasteiger partial charge in [-0.15, -0.1) is 0 Å². The number of piperidine rings is 1. The minimum absolute atomic E-state index is 0.793. The number of aromatic nitrogens is 2. The normalized spacial score (nSPS) is 19.1. The average Bonchev–Trinajstić information content (AvgIpc) is 2.63. The van der Waals surface area contributed by atoms with E-state index in [4.69, 9.17) is 14.7 Å². The molecule has 0 N–H and O–H groups in total. The molecule has 4 heterocycles. The van der Waals surface area contributed by atoms with Gasteiger partial charge in [-0.3, -0.25) is 0 Å². The van der Waals surface area contributed by atoms with Crippen LogP contribution in [0.4, 0.5) is 11.5 Å². The van der Waals surface area contributed by atoms with Crippen molar-refractivity contribution in [2.45, 2.75) is 33.1 Å². The van der Waals surface area contributed by atoms with Crippen LogP contribution >= 0.6 is 0 Å². The summed E-state index contributed by atoms with van der Waals surface area (Å²) in [7, 11) is 0. The number of fused-ring (bicyclic) bond motifs is 1. The molecule has 5 heteroatoms. The minimum Gasteiger partial charge on any atom is -0.378 e. The predicted molar refractivity (Wildman–Crippen MR) is 98.1 cm³/mol. The van der Waals surface area contributed by atoms with E-state index in [9.17, 15) is 0 Å². The highest BCUT2D eigenvalue weighted by Gasteiger charge is 2.23. The van der Waals surface area contributed by atoms with E-state index >= 15 is 0 Å². The maximum Gasteiger partial charge on any atom is 0.163 e. The maximum atomic E-state index is 5.56. The summed E-state index contributed by atoms with van der Waals surface area (Å²) in [6.45, 7) is 9.93. The number of anilines is 2. The molecule has 0 aromatic carbocycles. The Morgan fingerprint density at radius 1 is 0.875 bits per heavy atom. The molecule has 2 aliphatic rings. The minimum atomic E-state index is 0.793. The number of nitrogens with zero attached hydrogens (tertiary/aromatic N) is 4. The van der Waals surface area contributed by atoms with Gasteiger partial charge in [0.05, 0.1) is 18.9 Å². The van der Waals surface area contributed by atoms with E-state index in [2.05, 4.69) is 28.9 Å². The average molecular weight is 326 g/mol. The van der Waals surface area contributed by atoms with E-state index in [1.165, 1.54) is 35.9 Å². The second kappa shape index (κ2) is 6.55. The lowest BCUT2D eigenvalue weighted by Gasteiger charge is -2.34. The van der Waals surface area contributed by atoms with Crippen molar-refractivity contribution in [1.82, 2.24) is 9.97 Å². The van der Waals surface area contributed by atoms with Crippen LogP contribution in [-0.4, -0.2) is 49.4 Å². The third-order valence-corrected chi connectivity index (χ3v) is 5.15. The summed E-state index contributed by atoms with van der Waals surface area (Å²) in [6, 6.07) is 4.27. The fourth-order valence-electron chi connectivity index (χ4n) is 3.91. The molecule has 0 radical (unpaired) electrons. The standard InChI is InChI=1S/C19H26N4O/c1-14-6-7-16-17(22-10-12-24-13-11-22)15(2)19(21-18(16)20-14)23-8-4-3-5-9-23/h6-7H,3-5,8-13H2,1-2H3. The van der Waals surface area contributed by atoms with Crippen molar-refractivity contribution in [3.63, 3.8) is 0 Å². The van der Waals surface area contributed by atoms with Gasteiger partial charge in [-0.05, 0) is 45.2 Å². The van der Waals surface area contributed by atoms with Crippen LogP contribution < -0.4 is 9.80 Å². The third-order valence-electron chi connectivity index (χ3n) is 5.15. The topological polar surface area (TPSA) is 41.5 Å². The summed E-state index contributed by atoms with van der Waals surface area (Å²) in [6.07, 6.45) is 3.84. The largest absolute Gasteiger partial charge is 0.378 e. The van der Waals surface area contributed by atoms with Gasteiger partial charge in [-0.2, -0.15) is 0 Å². The number of rotatable bonds is 2. The molecule has 2 aliphatic heterocycles. The van der Waals surface area contributed by atoms with Crippen LogP contribution in [0.5, 0.6) is 0 Å². The highest BCUT2D eigenvalue weighted by molar-refractivity contribution is 5.94. The van der Waals surface area contributed by atoms with Crippen LogP contribution in [0, 0.1) is 13.8 Å². The zero-order chi connectivity index (χ0) is 16.5. The molecule has 2 aromatic rings. The number of aryl methyl sites for hydroxylation is 1. The summed E-state index contributed by atoms with van der Waals surface area (Å²) in [5.74, 6) is 1.13. The summed E-state index contributed by atoms with van der Waals surface area (Å²) in [5, 5.41) is 1.17. The van der Waals surface area contributed by atoms with Gasteiger partial charge in [0.15, 0.2) is 5.65 Å². The van der Waals surface area contributed by atoms with Crippen molar-refractivity contribution in [3.05, 3.63) is 23.4 Å². The lowest BCUT2D eigenvalue weighted by atomic mass is 10.1. The Kier molecular flexibility index (Phi) is 4.27. The fraction of sp³-hybridized carbons (Fsp3) is 0.579. The molecule has 0 amide bonds. The monoisotopic (exact) mass is 326 g/mol. The highest BCUT2D eigenvalue weighted by Crippen LogP contribution is 2.36. The van der Waals surface area contributed by atoms with Gasteiger partial charge in [-0.1, -0.05) is 0 Å². The van der Waals surface area contributed by atoms with Crippen molar-refractivity contribution in [2.75, 3.05) is 49.2 Å². The Hall–Kier alpha value is -1.88.